The quantitative estimate of drug-likeness (QED) is 0.511. The predicted octanol–water partition coefficient (Wildman–Crippen LogP) is 2.20. The second-order valence-electron chi connectivity index (χ2n) is 6.74. The zero-order chi connectivity index (χ0) is 23.2. The summed E-state index contributed by atoms with van der Waals surface area (Å²) in [4.78, 5) is 13.0. The van der Waals surface area contributed by atoms with E-state index in [-0.39, 0.29) is 33.4 Å². The molecule has 170 valence electrons. The Kier molecular flexibility index (Phi) is 8.18. The van der Waals surface area contributed by atoms with Crippen molar-refractivity contribution in [3.8, 4) is 11.5 Å². The molecular formula is C20H26N2O7S2. The third-order valence-corrected chi connectivity index (χ3v) is 7.16. The summed E-state index contributed by atoms with van der Waals surface area (Å²) in [6.45, 7) is 6.52. The van der Waals surface area contributed by atoms with Crippen LogP contribution < -0.4 is 9.46 Å². The molecule has 31 heavy (non-hydrogen) atoms. The molecule has 0 radical (unpaired) electrons. The Balaban J connectivity index is 2.18. The van der Waals surface area contributed by atoms with Crippen molar-refractivity contribution in [3.63, 3.8) is 0 Å². The number of benzene rings is 2. The first-order valence-corrected chi connectivity index (χ1v) is 12.9. The van der Waals surface area contributed by atoms with Crippen LogP contribution in [-0.2, 0) is 19.9 Å². The standard InChI is InChI=1S/C20H26N2O7S2/c1-4-22(5-2)13-12-21-31(27,28)17-9-7-16(8-10-17)29-18-11-6-15(20(23)24)14-19(18)30(3,25)26/h6-11,14,21H,4-5,12-13H2,1-3H3,(H,23,24). The van der Waals surface area contributed by atoms with Crippen LogP contribution in [0.5, 0.6) is 11.5 Å². The minimum absolute atomic E-state index is 0.0453. The summed E-state index contributed by atoms with van der Waals surface area (Å²) in [5.74, 6) is -1.12. The topological polar surface area (TPSA) is 130 Å². The highest BCUT2D eigenvalue weighted by molar-refractivity contribution is 7.90. The number of sulfonamides is 1. The van der Waals surface area contributed by atoms with Gasteiger partial charge in [-0.2, -0.15) is 0 Å². The van der Waals surface area contributed by atoms with Gasteiger partial charge in [0.2, 0.25) is 10.0 Å². The van der Waals surface area contributed by atoms with Gasteiger partial charge in [-0.05, 0) is 55.6 Å². The van der Waals surface area contributed by atoms with E-state index in [4.69, 9.17) is 9.84 Å². The van der Waals surface area contributed by atoms with Crippen LogP contribution in [-0.4, -0.2) is 65.2 Å². The van der Waals surface area contributed by atoms with E-state index < -0.39 is 25.8 Å². The minimum Gasteiger partial charge on any atom is -0.478 e. The molecule has 0 saturated heterocycles. The molecule has 0 fully saturated rings. The number of hydrogen-bond acceptors (Lipinski definition) is 7. The van der Waals surface area contributed by atoms with Gasteiger partial charge >= 0.3 is 5.97 Å². The van der Waals surface area contributed by atoms with Crippen LogP contribution in [0.1, 0.15) is 24.2 Å². The van der Waals surface area contributed by atoms with Gasteiger partial charge in [-0.25, -0.2) is 26.4 Å². The Hall–Kier alpha value is -2.47. The average molecular weight is 471 g/mol. The average Bonchev–Trinajstić information content (AvgIpc) is 2.71. The molecule has 0 amide bonds. The zero-order valence-electron chi connectivity index (χ0n) is 17.5. The van der Waals surface area contributed by atoms with Gasteiger partial charge in [0, 0.05) is 19.3 Å². The second kappa shape index (κ2) is 10.2. The van der Waals surface area contributed by atoms with Gasteiger partial charge in [0.15, 0.2) is 9.84 Å². The van der Waals surface area contributed by atoms with Gasteiger partial charge in [0.1, 0.15) is 16.4 Å². The van der Waals surface area contributed by atoms with Crippen molar-refractivity contribution in [2.24, 2.45) is 0 Å². The van der Waals surface area contributed by atoms with Crippen molar-refractivity contribution >= 4 is 25.8 Å². The Morgan fingerprint density at radius 1 is 1.03 bits per heavy atom. The third-order valence-electron chi connectivity index (χ3n) is 4.57. The molecule has 0 bridgehead atoms. The molecule has 2 aromatic carbocycles. The monoisotopic (exact) mass is 470 g/mol. The summed E-state index contributed by atoms with van der Waals surface area (Å²) in [7, 11) is -7.46. The molecule has 0 aliphatic rings. The molecule has 9 nitrogen and oxygen atoms in total. The molecule has 2 rings (SSSR count). The van der Waals surface area contributed by atoms with Crippen LogP contribution in [0.4, 0.5) is 0 Å². The molecule has 11 heteroatoms. The maximum absolute atomic E-state index is 12.4. The molecule has 0 aliphatic carbocycles. The molecule has 0 unspecified atom stereocenters. The lowest BCUT2D eigenvalue weighted by Gasteiger charge is -2.18. The Morgan fingerprint density at radius 2 is 1.65 bits per heavy atom. The highest BCUT2D eigenvalue weighted by Gasteiger charge is 2.19. The first-order valence-electron chi connectivity index (χ1n) is 9.55. The lowest BCUT2D eigenvalue weighted by Crippen LogP contribution is -2.34. The summed E-state index contributed by atoms with van der Waals surface area (Å²) in [5, 5.41) is 9.08. The highest BCUT2D eigenvalue weighted by Crippen LogP contribution is 2.30. The van der Waals surface area contributed by atoms with E-state index in [1.807, 2.05) is 13.8 Å². The van der Waals surface area contributed by atoms with Crippen molar-refractivity contribution in [2.45, 2.75) is 23.6 Å². The van der Waals surface area contributed by atoms with Crippen LogP contribution >= 0.6 is 0 Å². The van der Waals surface area contributed by atoms with Gasteiger partial charge in [-0.15, -0.1) is 0 Å². The lowest BCUT2D eigenvalue weighted by atomic mass is 10.2. The lowest BCUT2D eigenvalue weighted by molar-refractivity contribution is 0.0696. The second-order valence-corrected chi connectivity index (χ2v) is 10.5. The first-order chi connectivity index (χ1) is 14.5. The molecule has 0 aromatic heterocycles. The van der Waals surface area contributed by atoms with E-state index in [9.17, 15) is 21.6 Å². The number of rotatable bonds is 11. The normalized spacial score (nSPS) is 12.1. The molecule has 2 aromatic rings. The third kappa shape index (κ3) is 6.76. The smallest absolute Gasteiger partial charge is 0.335 e. The number of aromatic carboxylic acids is 1. The molecule has 0 saturated carbocycles. The Morgan fingerprint density at radius 3 is 2.16 bits per heavy atom. The molecule has 0 spiro atoms. The fourth-order valence-electron chi connectivity index (χ4n) is 2.79. The summed E-state index contributed by atoms with van der Waals surface area (Å²) >= 11 is 0. The SMILES string of the molecule is CCN(CC)CCNS(=O)(=O)c1ccc(Oc2ccc(C(=O)O)cc2S(C)(=O)=O)cc1. The van der Waals surface area contributed by atoms with E-state index in [0.29, 0.717) is 6.54 Å². The van der Waals surface area contributed by atoms with Gasteiger partial charge in [0.25, 0.3) is 0 Å². The van der Waals surface area contributed by atoms with Crippen molar-refractivity contribution in [2.75, 3.05) is 32.4 Å². The molecule has 0 aliphatic heterocycles. The van der Waals surface area contributed by atoms with Gasteiger partial charge < -0.3 is 14.7 Å². The predicted molar refractivity (Wildman–Crippen MR) is 116 cm³/mol. The van der Waals surface area contributed by atoms with Gasteiger partial charge in [-0.1, -0.05) is 13.8 Å². The largest absolute Gasteiger partial charge is 0.478 e. The number of carboxylic acids is 1. The Labute approximate surface area is 182 Å². The molecule has 2 N–H and O–H groups in total. The van der Waals surface area contributed by atoms with Crippen LogP contribution in [0.15, 0.2) is 52.3 Å². The fourth-order valence-corrected chi connectivity index (χ4v) is 4.63. The number of nitrogens with one attached hydrogen (secondary N) is 1. The maximum Gasteiger partial charge on any atom is 0.335 e. The maximum atomic E-state index is 12.4. The molecular weight excluding hydrogens is 444 g/mol. The first kappa shape index (κ1) is 24.8. The molecule has 0 atom stereocenters. The van der Waals surface area contributed by atoms with Crippen LogP contribution in [0.3, 0.4) is 0 Å². The number of nitrogens with zero attached hydrogens (tertiary/aromatic N) is 1. The van der Waals surface area contributed by atoms with E-state index in [0.717, 1.165) is 25.4 Å². The number of carboxylic acid groups (broad SMARTS) is 1. The van der Waals surface area contributed by atoms with Crippen molar-refractivity contribution in [1.82, 2.24) is 9.62 Å². The number of likely N-dealkylation sites (N-methyl/N-ethyl adjacent to an activating group) is 1. The van der Waals surface area contributed by atoms with E-state index in [1.165, 1.54) is 36.4 Å². The summed E-state index contributed by atoms with van der Waals surface area (Å²) < 4.78 is 57.1. The highest BCUT2D eigenvalue weighted by atomic mass is 32.2. The zero-order valence-corrected chi connectivity index (χ0v) is 19.2. The number of carbonyl (C=O) groups is 1. The summed E-state index contributed by atoms with van der Waals surface area (Å²) in [6.07, 6.45) is 0.945. The summed E-state index contributed by atoms with van der Waals surface area (Å²) in [5.41, 5.74) is -0.190. The minimum atomic E-state index is -3.76. The van der Waals surface area contributed by atoms with Crippen molar-refractivity contribution in [3.05, 3.63) is 48.0 Å². The Bertz CT molecular complexity index is 1120. The van der Waals surface area contributed by atoms with Gasteiger partial charge in [-0.3, -0.25) is 0 Å². The van der Waals surface area contributed by atoms with Gasteiger partial charge in [0.05, 0.1) is 10.5 Å². The number of ether oxygens (including phenoxy) is 1. The van der Waals surface area contributed by atoms with E-state index in [1.54, 1.807) is 0 Å². The van der Waals surface area contributed by atoms with Crippen LogP contribution in [0.2, 0.25) is 0 Å². The van der Waals surface area contributed by atoms with Crippen LogP contribution in [0.25, 0.3) is 0 Å². The number of sulfone groups is 1. The van der Waals surface area contributed by atoms with E-state index in [2.05, 4.69) is 9.62 Å². The van der Waals surface area contributed by atoms with Crippen molar-refractivity contribution < 1.29 is 31.5 Å². The van der Waals surface area contributed by atoms with Crippen LogP contribution in [0, 0.1) is 0 Å². The van der Waals surface area contributed by atoms with Crippen molar-refractivity contribution in [1.29, 1.82) is 0 Å². The summed E-state index contributed by atoms with van der Waals surface area (Å²) in [6, 6.07) is 8.99. The number of hydrogen-bond donors (Lipinski definition) is 2. The van der Waals surface area contributed by atoms with E-state index >= 15 is 0 Å². The fraction of sp³-hybridized carbons (Fsp3) is 0.350. The molecule has 0 heterocycles.